The fourth-order valence-electron chi connectivity index (χ4n) is 2.37. The van der Waals surface area contributed by atoms with Crippen molar-refractivity contribution >= 4 is 11.6 Å². The fraction of sp³-hybridized carbons (Fsp3) is 0.368. The number of hydrogen-bond acceptors (Lipinski definition) is 3. The summed E-state index contributed by atoms with van der Waals surface area (Å²) in [5.41, 5.74) is 4.50. The zero-order valence-electron chi connectivity index (χ0n) is 14.2. The van der Waals surface area contributed by atoms with Crippen LogP contribution >= 0.6 is 0 Å². The molecule has 0 saturated carbocycles. The number of likely N-dealkylation sites (N-methyl/N-ethyl adjacent to an activating group) is 1. The lowest BCUT2D eigenvalue weighted by molar-refractivity contribution is -0.116. The molecule has 4 heteroatoms. The van der Waals surface area contributed by atoms with E-state index < -0.39 is 0 Å². The lowest BCUT2D eigenvalue weighted by Crippen LogP contribution is -2.26. The first kappa shape index (κ1) is 17.2. The molecule has 0 bridgehead atoms. The van der Waals surface area contributed by atoms with Crippen LogP contribution in [0, 0.1) is 13.8 Å². The zero-order chi connectivity index (χ0) is 16.7. The number of aryl methyl sites for hydroxylation is 1. The number of amides is 1. The van der Waals surface area contributed by atoms with E-state index in [1.54, 1.807) is 0 Å². The van der Waals surface area contributed by atoms with Crippen molar-refractivity contribution in [3.05, 3.63) is 59.4 Å². The third kappa shape index (κ3) is 5.49. The number of pyridine rings is 1. The molecular weight excluding hydrogens is 286 g/mol. The molecule has 122 valence electrons. The second kappa shape index (κ2) is 8.44. The summed E-state index contributed by atoms with van der Waals surface area (Å²) in [6.45, 7) is 5.77. The van der Waals surface area contributed by atoms with Crippen LogP contribution < -0.4 is 5.32 Å². The number of carbonyl (C=O) groups is 1. The van der Waals surface area contributed by atoms with Crippen molar-refractivity contribution in [1.29, 1.82) is 0 Å². The predicted octanol–water partition coefficient (Wildman–Crippen LogP) is 3.20. The van der Waals surface area contributed by atoms with Crippen molar-refractivity contribution in [3.8, 4) is 0 Å². The Morgan fingerprint density at radius 3 is 2.61 bits per heavy atom. The Labute approximate surface area is 138 Å². The highest BCUT2D eigenvalue weighted by Crippen LogP contribution is 2.18. The summed E-state index contributed by atoms with van der Waals surface area (Å²) in [4.78, 5) is 18.3. The monoisotopic (exact) mass is 311 g/mol. The van der Waals surface area contributed by atoms with E-state index in [2.05, 4.69) is 28.2 Å². The van der Waals surface area contributed by atoms with E-state index in [9.17, 15) is 4.79 Å². The van der Waals surface area contributed by atoms with Crippen LogP contribution in [-0.4, -0.2) is 35.9 Å². The van der Waals surface area contributed by atoms with Crippen LogP contribution in [0.3, 0.4) is 0 Å². The van der Waals surface area contributed by atoms with Crippen molar-refractivity contribution in [2.45, 2.75) is 26.7 Å². The van der Waals surface area contributed by atoms with Gasteiger partial charge in [-0.15, -0.1) is 0 Å². The van der Waals surface area contributed by atoms with E-state index in [0.29, 0.717) is 6.42 Å². The minimum absolute atomic E-state index is 0.0643. The SMILES string of the molecule is Cc1cccc(NC(=O)CCN(C)CCc2ccncc2)c1C. The Balaban J connectivity index is 1.74. The molecular formula is C19H25N3O. The highest BCUT2D eigenvalue weighted by atomic mass is 16.1. The van der Waals surface area contributed by atoms with Gasteiger partial charge in [-0.3, -0.25) is 9.78 Å². The van der Waals surface area contributed by atoms with Crippen LogP contribution in [0.4, 0.5) is 5.69 Å². The molecule has 0 aliphatic carbocycles. The quantitative estimate of drug-likeness (QED) is 0.854. The van der Waals surface area contributed by atoms with Gasteiger partial charge in [0.2, 0.25) is 5.91 Å². The molecule has 2 rings (SSSR count). The summed E-state index contributed by atoms with van der Waals surface area (Å²) >= 11 is 0. The molecule has 0 saturated heterocycles. The normalized spacial score (nSPS) is 10.8. The maximum absolute atomic E-state index is 12.1. The zero-order valence-corrected chi connectivity index (χ0v) is 14.2. The molecule has 0 spiro atoms. The van der Waals surface area contributed by atoms with Gasteiger partial charge < -0.3 is 10.2 Å². The van der Waals surface area contributed by atoms with Crippen molar-refractivity contribution in [1.82, 2.24) is 9.88 Å². The van der Waals surface area contributed by atoms with Crippen molar-refractivity contribution in [3.63, 3.8) is 0 Å². The van der Waals surface area contributed by atoms with Gasteiger partial charge in [0, 0.05) is 37.6 Å². The summed E-state index contributed by atoms with van der Waals surface area (Å²) in [6.07, 6.45) is 5.10. The number of anilines is 1. The first-order valence-corrected chi connectivity index (χ1v) is 8.00. The average Bonchev–Trinajstić information content (AvgIpc) is 2.56. The minimum Gasteiger partial charge on any atom is -0.326 e. The number of hydrogen-bond donors (Lipinski definition) is 1. The van der Waals surface area contributed by atoms with Gasteiger partial charge >= 0.3 is 0 Å². The maximum atomic E-state index is 12.1. The third-order valence-electron chi connectivity index (χ3n) is 4.13. The highest BCUT2D eigenvalue weighted by molar-refractivity contribution is 5.91. The topological polar surface area (TPSA) is 45.2 Å². The predicted molar refractivity (Wildman–Crippen MR) is 94.6 cm³/mol. The Bertz CT molecular complexity index is 640. The molecule has 0 aliphatic heterocycles. The summed E-state index contributed by atoms with van der Waals surface area (Å²) in [6, 6.07) is 10.0. The van der Waals surface area contributed by atoms with Gasteiger partial charge in [-0.25, -0.2) is 0 Å². The average molecular weight is 311 g/mol. The molecule has 0 fully saturated rings. The van der Waals surface area contributed by atoms with Gasteiger partial charge in [0.1, 0.15) is 0 Å². The Hall–Kier alpha value is -2.20. The molecule has 1 amide bonds. The Morgan fingerprint density at radius 2 is 1.87 bits per heavy atom. The standard InChI is InChI=1S/C19H25N3O/c1-15-5-4-6-18(16(15)2)21-19(23)10-14-22(3)13-9-17-7-11-20-12-8-17/h4-8,11-12H,9-10,13-14H2,1-3H3,(H,21,23). The lowest BCUT2D eigenvalue weighted by atomic mass is 10.1. The Kier molecular flexibility index (Phi) is 6.29. The number of aromatic nitrogens is 1. The van der Waals surface area contributed by atoms with E-state index in [1.165, 1.54) is 11.1 Å². The first-order chi connectivity index (χ1) is 11.1. The van der Waals surface area contributed by atoms with Gasteiger partial charge in [0.25, 0.3) is 0 Å². The molecule has 1 heterocycles. The molecule has 1 N–H and O–H groups in total. The lowest BCUT2D eigenvalue weighted by Gasteiger charge is -2.17. The van der Waals surface area contributed by atoms with Crippen molar-refractivity contribution in [2.24, 2.45) is 0 Å². The van der Waals surface area contributed by atoms with Crippen LogP contribution in [0.1, 0.15) is 23.1 Å². The molecule has 2 aromatic rings. The summed E-state index contributed by atoms with van der Waals surface area (Å²) in [5.74, 6) is 0.0643. The minimum atomic E-state index is 0.0643. The fourth-order valence-corrected chi connectivity index (χ4v) is 2.37. The second-order valence-corrected chi connectivity index (χ2v) is 5.95. The van der Waals surface area contributed by atoms with Gasteiger partial charge in [-0.2, -0.15) is 0 Å². The highest BCUT2D eigenvalue weighted by Gasteiger charge is 2.07. The number of rotatable bonds is 7. The van der Waals surface area contributed by atoms with Gasteiger partial charge in [-0.05, 0) is 62.2 Å². The summed E-state index contributed by atoms with van der Waals surface area (Å²) in [5, 5.41) is 3.01. The molecule has 0 atom stereocenters. The number of carbonyl (C=O) groups excluding carboxylic acids is 1. The largest absolute Gasteiger partial charge is 0.326 e. The van der Waals surface area contributed by atoms with E-state index in [1.807, 2.05) is 50.6 Å². The van der Waals surface area contributed by atoms with Crippen molar-refractivity contribution in [2.75, 3.05) is 25.5 Å². The molecule has 0 unspecified atom stereocenters. The number of nitrogens with one attached hydrogen (secondary N) is 1. The first-order valence-electron chi connectivity index (χ1n) is 8.00. The molecule has 0 radical (unpaired) electrons. The van der Waals surface area contributed by atoms with Crippen LogP contribution in [0.2, 0.25) is 0 Å². The molecule has 23 heavy (non-hydrogen) atoms. The smallest absolute Gasteiger partial charge is 0.225 e. The second-order valence-electron chi connectivity index (χ2n) is 5.95. The van der Waals surface area contributed by atoms with Gasteiger partial charge in [0.15, 0.2) is 0 Å². The van der Waals surface area contributed by atoms with E-state index in [-0.39, 0.29) is 5.91 Å². The summed E-state index contributed by atoms with van der Waals surface area (Å²) < 4.78 is 0. The maximum Gasteiger partial charge on any atom is 0.225 e. The molecule has 1 aromatic carbocycles. The van der Waals surface area contributed by atoms with Crippen LogP contribution in [-0.2, 0) is 11.2 Å². The van der Waals surface area contributed by atoms with Gasteiger partial charge in [0.05, 0.1) is 0 Å². The number of benzene rings is 1. The van der Waals surface area contributed by atoms with E-state index in [4.69, 9.17) is 0 Å². The molecule has 4 nitrogen and oxygen atoms in total. The summed E-state index contributed by atoms with van der Waals surface area (Å²) in [7, 11) is 2.05. The third-order valence-corrected chi connectivity index (χ3v) is 4.13. The van der Waals surface area contributed by atoms with Crippen LogP contribution in [0.5, 0.6) is 0 Å². The van der Waals surface area contributed by atoms with E-state index in [0.717, 1.165) is 30.8 Å². The van der Waals surface area contributed by atoms with Crippen LogP contribution in [0.15, 0.2) is 42.7 Å². The Morgan fingerprint density at radius 1 is 1.13 bits per heavy atom. The van der Waals surface area contributed by atoms with Gasteiger partial charge in [-0.1, -0.05) is 12.1 Å². The number of nitrogens with zero attached hydrogens (tertiary/aromatic N) is 2. The van der Waals surface area contributed by atoms with Crippen molar-refractivity contribution < 1.29 is 4.79 Å². The molecule has 1 aromatic heterocycles. The van der Waals surface area contributed by atoms with Crippen LogP contribution in [0.25, 0.3) is 0 Å². The van der Waals surface area contributed by atoms with E-state index >= 15 is 0 Å². The molecule has 0 aliphatic rings.